The van der Waals surface area contributed by atoms with E-state index in [1.54, 1.807) is 19.0 Å². The van der Waals surface area contributed by atoms with Crippen molar-refractivity contribution in [1.82, 2.24) is 14.9 Å². The summed E-state index contributed by atoms with van der Waals surface area (Å²) in [6, 6.07) is 3.80. The summed E-state index contributed by atoms with van der Waals surface area (Å²) in [6.07, 6.45) is -14.4. The number of hydrazine groups is 1. The summed E-state index contributed by atoms with van der Waals surface area (Å²) in [5.41, 5.74) is -3.88. The molecule has 6 nitrogen and oxygen atoms in total. The van der Waals surface area contributed by atoms with Crippen LogP contribution in [0, 0.1) is 0 Å². The van der Waals surface area contributed by atoms with Gasteiger partial charge in [-0.1, -0.05) is 24.8 Å². The third kappa shape index (κ3) is 8.84. The lowest BCUT2D eigenvalue weighted by atomic mass is 9.94. The molecule has 222 valence electrons. The molecule has 0 spiro atoms. The van der Waals surface area contributed by atoms with Crippen LogP contribution in [0.15, 0.2) is 59.1 Å². The van der Waals surface area contributed by atoms with Crippen LogP contribution in [0.2, 0.25) is 0 Å². The van der Waals surface area contributed by atoms with E-state index in [1.165, 1.54) is 13.1 Å². The molecule has 1 unspecified atom stereocenters. The molecule has 1 atom stereocenters. The normalized spacial score (nSPS) is 13.7. The van der Waals surface area contributed by atoms with Gasteiger partial charge < -0.3 is 9.80 Å². The van der Waals surface area contributed by atoms with E-state index in [9.17, 15) is 39.5 Å². The van der Waals surface area contributed by atoms with Crippen molar-refractivity contribution in [2.75, 3.05) is 21.1 Å². The summed E-state index contributed by atoms with van der Waals surface area (Å²) < 4.78 is 121. The summed E-state index contributed by atoms with van der Waals surface area (Å²) >= 11 is 0. The smallest absolute Gasteiger partial charge is 0.347 e. The second-order valence-corrected chi connectivity index (χ2v) is 9.25. The van der Waals surface area contributed by atoms with Crippen LogP contribution in [-0.4, -0.2) is 36.1 Å². The van der Waals surface area contributed by atoms with Crippen LogP contribution < -0.4 is 5.84 Å². The molecule has 2 rings (SSSR count). The van der Waals surface area contributed by atoms with Gasteiger partial charge in [-0.3, -0.25) is 0 Å². The minimum Gasteiger partial charge on any atom is -0.347 e. The molecule has 0 bridgehead atoms. The molecule has 2 aromatic carbocycles. The van der Waals surface area contributed by atoms with Crippen LogP contribution >= 0.6 is 0 Å². The Morgan fingerprint density at radius 3 is 1.77 bits per heavy atom. The SMILES string of the molecule is C=C(/N=N\N(C)N)N(Cc1cc(C(F)(F)F)cc(C(F)(F)F)c1)Cc1cc(C(F)(F)F)ccc1C(CC)N(C)C. The maximum absolute atomic E-state index is 13.6. The number of hydrogen-bond donors (Lipinski definition) is 1. The molecule has 0 amide bonds. The van der Waals surface area contributed by atoms with Crippen molar-refractivity contribution in [3.63, 3.8) is 0 Å². The van der Waals surface area contributed by atoms with Crippen molar-refractivity contribution in [1.29, 1.82) is 0 Å². The Morgan fingerprint density at radius 1 is 0.825 bits per heavy atom. The van der Waals surface area contributed by atoms with Crippen LogP contribution in [0.25, 0.3) is 0 Å². The van der Waals surface area contributed by atoms with Crippen LogP contribution in [0.3, 0.4) is 0 Å². The summed E-state index contributed by atoms with van der Waals surface area (Å²) in [5, 5.41) is 8.06. The van der Waals surface area contributed by atoms with Crippen molar-refractivity contribution in [3.8, 4) is 0 Å². The highest BCUT2D eigenvalue weighted by Crippen LogP contribution is 2.38. The van der Waals surface area contributed by atoms with Gasteiger partial charge in [0.05, 0.1) is 16.7 Å². The fourth-order valence-electron chi connectivity index (χ4n) is 4.07. The average molecular weight is 585 g/mol. The lowest BCUT2D eigenvalue weighted by Gasteiger charge is -2.30. The number of rotatable bonds is 10. The quantitative estimate of drug-likeness (QED) is 0.137. The molecule has 15 heteroatoms. The zero-order valence-corrected chi connectivity index (χ0v) is 22.1. The predicted molar refractivity (Wildman–Crippen MR) is 130 cm³/mol. The molecule has 0 aliphatic carbocycles. The monoisotopic (exact) mass is 584 g/mol. The van der Waals surface area contributed by atoms with Crippen molar-refractivity contribution < 1.29 is 39.5 Å². The van der Waals surface area contributed by atoms with Gasteiger partial charge in [0.1, 0.15) is 5.82 Å². The lowest BCUT2D eigenvalue weighted by molar-refractivity contribution is -0.143. The molecule has 40 heavy (non-hydrogen) atoms. The molecule has 0 saturated heterocycles. The Hall–Kier alpha value is -3.33. The average Bonchev–Trinajstić information content (AvgIpc) is 2.81. The first-order valence-corrected chi connectivity index (χ1v) is 11.7. The molecule has 0 aliphatic rings. The molecule has 0 aromatic heterocycles. The van der Waals surface area contributed by atoms with Gasteiger partial charge in [0.15, 0.2) is 0 Å². The Balaban J connectivity index is 2.71. The zero-order valence-electron chi connectivity index (χ0n) is 22.1. The molecular formula is C25H29F9N6. The molecule has 0 radical (unpaired) electrons. The van der Waals surface area contributed by atoms with E-state index in [1.807, 2.05) is 6.92 Å². The number of nitrogens with zero attached hydrogens (tertiary/aromatic N) is 5. The predicted octanol–water partition coefficient (Wildman–Crippen LogP) is 7.40. The number of benzene rings is 2. The molecule has 0 saturated carbocycles. The van der Waals surface area contributed by atoms with Gasteiger partial charge in [-0.2, -0.15) is 39.5 Å². The van der Waals surface area contributed by atoms with Gasteiger partial charge >= 0.3 is 18.5 Å². The summed E-state index contributed by atoms with van der Waals surface area (Å²) in [6.45, 7) is 4.47. The third-order valence-electron chi connectivity index (χ3n) is 5.89. The summed E-state index contributed by atoms with van der Waals surface area (Å²) in [5.74, 6) is 5.14. The van der Waals surface area contributed by atoms with Crippen LogP contribution in [0.5, 0.6) is 0 Å². The Labute approximate surface area is 225 Å². The van der Waals surface area contributed by atoms with Crippen LogP contribution in [-0.2, 0) is 31.6 Å². The molecule has 2 N–H and O–H groups in total. The van der Waals surface area contributed by atoms with Gasteiger partial charge in [-0.25, -0.2) is 11.0 Å². The van der Waals surface area contributed by atoms with Crippen molar-refractivity contribution >= 4 is 0 Å². The van der Waals surface area contributed by atoms with E-state index in [0.29, 0.717) is 24.1 Å². The highest BCUT2D eigenvalue weighted by atomic mass is 19.4. The molecule has 0 fully saturated rings. The third-order valence-corrected chi connectivity index (χ3v) is 5.89. The van der Waals surface area contributed by atoms with E-state index < -0.39 is 53.9 Å². The molecule has 2 aromatic rings. The first kappa shape index (κ1) is 32.9. The Kier molecular flexibility index (Phi) is 10.2. The molecule has 0 aliphatic heterocycles. The second kappa shape index (κ2) is 12.5. The van der Waals surface area contributed by atoms with E-state index in [0.717, 1.165) is 22.2 Å². The number of alkyl halides is 9. The summed E-state index contributed by atoms with van der Waals surface area (Å²) in [4.78, 5) is 2.90. The minimum absolute atomic E-state index is 0.0143. The highest BCUT2D eigenvalue weighted by molar-refractivity contribution is 5.37. The molecule has 0 heterocycles. The van der Waals surface area contributed by atoms with E-state index in [2.05, 4.69) is 16.9 Å². The van der Waals surface area contributed by atoms with Gasteiger partial charge in [0.2, 0.25) is 0 Å². The Morgan fingerprint density at radius 2 is 1.35 bits per heavy atom. The van der Waals surface area contributed by atoms with E-state index >= 15 is 0 Å². The van der Waals surface area contributed by atoms with Crippen LogP contribution in [0.1, 0.15) is 52.8 Å². The zero-order chi connectivity index (χ0) is 30.6. The largest absolute Gasteiger partial charge is 0.416 e. The first-order chi connectivity index (χ1) is 18.2. The topological polar surface area (TPSA) is 60.5 Å². The van der Waals surface area contributed by atoms with Gasteiger partial charge in [-0.15, -0.1) is 5.11 Å². The van der Waals surface area contributed by atoms with E-state index in [-0.39, 0.29) is 23.5 Å². The number of halogens is 9. The highest BCUT2D eigenvalue weighted by Gasteiger charge is 2.37. The van der Waals surface area contributed by atoms with Gasteiger partial charge in [0, 0.05) is 26.2 Å². The standard InChI is InChI=1S/C25H29F9N6/c1-6-22(38(3)4)21-8-7-18(23(26,27)28)11-17(21)14-40(15(2)36-37-39(5)35)13-16-9-19(24(29,30)31)12-20(10-16)25(32,33)34/h7-12,22H,2,6,13-14,35H2,1,3-5H3/b37-36-. The summed E-state index contributed by atoms with van der Waals surface area (Å²) in [7, 11) is 4.73. The van der Waals surface area contributed by atoms with Crippen molar-refractivity contribution in [3.05, 3.63) is 82.2 Å². The second-order valence-electron chi connectivity index (χ2n) is 9.25. The van der Waals surface area contributed by atoms with E-state index in [4.69, 9.17) is 5.84 Å². The van der Waals surface area contributed by atoms with Crippen molar-refractivity contribution in [2.45, 2.75) is 51.0 Å². The Bertz CT molecular complexity index is 1170. The molecular weight excluding hydrogens is 555 g/mol. The van der Waals surface area contributed by atoms with Gasteiger partial charge in [0.25, 0.3) is 0 Å². The number of hydrogen-bond acceptors (Lipinski definition) is 5. The fourth-order valence-corrected chi connectivity index (χ4v) is 4.07. The maximum atomic E-state index is 13.6. The maximum Gasteiger partial charge on any atom is 0.416 e. The van der Waals surface area contributed by atoms with Crippen molar-refractivity contribution in [2.24, 2.45) is 16.2 Å². The number of nitrogens with two attached hydrogens (primary N) is 1. The first-order valence-electron chi connectivity index (χ1n) is 11.7. The lowest BCUT2D eigenvalue weighted by Crippen LogP contribution is -2.26. The fraction of sp³-hybridized carbons (Fsp3) is 0.440. The van der Waals surface area contributed by atoms with Crippen LogP contribution in [0.4, 0.5) is 39.5 Å². The van der Waals surface area contributed by atoms with Gasteiger partial charge in [-0.05, 0) is 67.5 Å². The minimum atomic E-state index is -5.09.